The predicted molar refractivity (Wildman–Crippen MR) is 79.1 cm³/mol. The van der Waals surface area contributed by atoms with Crippen LogP contribution in [0.3, 0.4) is 0 Å². The molecule has 0 spiro atoms. The summed E-state index contributed by atoms with van der Waals surface area (Å²) in [5.74, 6) is 0.626. The first kappa shape index (κ1) is 17.0. The summed E-state index contributed by atoms with van der Waals surface area (Å²) in [7, 11) is 1.65. The monoisotopic (exact) mass is 336 g/mol. The highest BCUT2D eigenvalue weighted by atomic mass is 32.1. The topological polar surface area (TPSA) is 58.5 Å². The van der Waals surface area contributed by atoms with Crippen molar-refractivity contribution in [3.8, 4) is 0 Å². The number of aliphatic imine (C=N–C) groups is 1. The lowest BCUT2D eigenvalue weighted by Crippen LogP contribution is -2.51. The minimum absolute atomic E-state index is 0.120. The molecule has 1 saturated heterocycles. The van der Waals surface area contributed by atoms with Crippen molar-refractivity contribution in [3.05, 3.63) is 16.1 Å². The van der Waals surface area contributed by atoms with E-state index in [-0.39, 0.29) is 5.41 Å². The van der Waals surface area contributed by atoms with Crippen LogP contribution in [0, 0.1) is 5.41 Å². The minimum atomic E-state index is -4.37. The highest BCUT2D eigenvalue weighted by Gasteiger charge is 2.34. The predicted octanol–water partition coefficient (Wildman–Crippen LogP) is 1.91. The molecule has 0 bridgehead atoms. The number of alkyl halides is 3. The Morgan fingerprint density at radius 2 is 2.18 bits per heavy atom. The Balaban J connectivity index is 1.73. The van der Waals surface area contributed by atoms with Crippen molar-refractivity contribution in [2.24, 2.45) is 10.4 Å². The second-order valence-electron chi connectivity index (χ2n) is 5.53. The highest BCUT2D eigenvalue weighted by Crippen LogP contribution is 2.30. The Labute approximate surface area is 131 Å². The van der Waals surface area contributed by atoms with Gasteiger partial charge in [0.05, 0.1) is 18.2 Å². The number of thiazole rings is 1. The van der Waals surface area contributed by atoms with Gasteiger partial charge >= 0.3 is 6.18 Å². The van der Waals surface area contributed by atoms with Crippen LogP contribution in [-0.4, -0.2) is 44.3 Å². The smallest absolute Gasteiger partial charge is 0.380 e. The van der Waals surface area contributed by atoms with Crippen molar-refractivity contribution < 1.29 is 17.9 Å². The number of halogens is 3. The lowest BCUT2D eigenvalue weighted by Gasteiger charge is -2.38. The zero-order valence-corrected chi connectivity index (χ0v) is 13.3. The molecule has 2 heterocycles. The van der Waals surface area contributed by atoms with E-state index in [2.05, 4.69) is 27.5 Å². The second-order valence-corrected chi connectivity index (χ2v) is 6.47. The second kappa shape index (κ2) is 6.82. The maximum atomic E-state index is 12.4. The molecule has 124 valence electrons. The molecule has 2 N–H and O–H groups in total. The molecule has 5 nitrogen and oxygen atoms in total. The molecule has 0 unspecified atom stereocenters. The quantitative estimate of drug-likeness (QED) is 0.637. The number of nitrogens with one attached hydrogen (secondary N) is 2. The van der Waals surface area contributed by atoms with Gasteiger partial charge in [0.25, 0.3) is 0 Å². The molecule has 0 aromatic carbocycles. The number of aromatic nitrogens is 1. The number of rotatable bonds is 5. The summed E-state index contributed by atoms with van der Waals surface area (Å²) in [6.45, 7) is 4.76. The average Bonchev–Trinajstić information content (AvgIpc) is 2.89. The first-order valence-corrected chi connectivity index (χ1v) is 7.74. The van der Waals surface area contributed by atoms with Gasteiger partial charge in [-0.2, -0.15) is 13.2 Å². The Hall–Kier alpha value is -1.35. The molecule has 1 aliphatic heterocycles. The van der Waals surface area contributed by atoms with Crippen LogP contribution in [0.5, 0.6) is 0 Å². The Kier molecular flexibility index (Phi) is 5.28. The molecule has 2 rings (SSSR count). The van der Waals surface area contributed by atoms with E-state index < -0.39 is 11.9 Å². The van der Waals surface area contributed by atoms with Gasteiger partial charge in [-0.1, -0.05) is 6.92 Å². The summed E-state index contributed by atoms with van der Waals surface area (Å²) in [4.78, 5) is 7.67. The molecule has 9 heteroatoms. The Morgan fingerprint density at radius 1 is 1.45 bits per heavy atom. The standard InChI is InChI=1S/C13H19F3N4OS/c1-12(7-21-8-12)6-19-11(17-2)18-4-3-10-20-9(5-22-10)13(14,15)16/h5H,3-4,6-8H2,1-2H3,(H2,17,18,19). The normalized spacial score (nSPS) is 18.0. The molecule has 1 aliphatic rings. The van der Waals surface area contributed by atoms with Crippen LogP contribution in [0.1, 0.15) is 17.6 Å². The summed E-state index contributed by atoms with van der Waals surface area (Å²) in [6.07, 6.45) is -3.96. The molecule has 22 heavy (non-hydrogen) atoms. The summed E-state index contributed by atoms with van der Waals surface area (Å²) < 4.78 is 42.5. The number of ether oxygens (including phenoxy) is 1. The summed E-state index contributed by atoms with van der Waals surface area (Å²) in [5.41, 5.74) is -0.706. The van der Waals surface area contributed by atoms with Crippen LogP contribution in [0.4, 0.5) is 13.2 Å². The number of hydrogen-bond acceptors (Lipinski definition) is 4. The zero-order valence-electron chi connectivity index (χ0n) is 12.5. The Bertz CT molecular complexity index is 526. The highest BCUT2D eigenvalue weighted by molar-refractivity contribution is 7.09. The first-order chi connectivity index (χ1) is 10.3. The molecular formula is C13H19F3N4OS. The number of nitrogens with zero attached hydrogens (tertiary/aromatic N) is 2. The average molecular weight is 336 g/mol. The van der Waals surface area contributed by atoms with E-state index in [1.54, 1.807) is 7.05 Å². The maximum absolute atomic E-state index is 12.4. The van der Waals surface area contributed by atoms with Crippen LogP contribution in [-0.2, 0) is 17.3 Å². The summed E-state index contributed by atoms with van der Waals surface area (Å²) in [5, 5.41) is 7.75. The van der Waals surface area contributed by atoms with E-state index in [1.165, 1.54) is 0 Å². The van der Waals surface area contributed by atoms with Gasteiger partial charge in [0.1, 0.15) is 0 Å². The van der Waals surface area contributed by atoms with Gasteiger partial charge in [-0.15, -0.1) is 11.3 Å². The van der Waals surface area contributed by atoms with Crippen molar-refractivity contribution in [2.75, 3.05) is 33.4 Å². The van der Waals surface area contributed by atoms with Gasteiger partial charge in [-0.05, 0) is 0 Å². The van der Waals surface area contributed by atoms with E-state index in [9.17, 15) is 13.2 Å². The maximum Gasteiger partial charge on any atom is 0.434 e. The largest absolute Gasteiger partial charge is 0.434 e. The van der Waals surface area contributed by atoms with Crippen molar-refractivity contribution >= 4 is 17.3 Å². The molecule has 0 radical (unpaired) electrons. The third kappa shape index (κ3) is 4.57. The fourth-order valence-electron chi connectivity index (χ4n) is 1.91. The van der Waals surface area contributed by atoms with Gasteiger partial charge in [-0.3, -0.25) is 4.99 Å². The molecule has 0 atom stereocenters. The van der Waals surface area contributed by atoms with Crippen LogP contribution in [0.15, 0.2) is 10.4 Å². The van der Waals surface area contributed by atoms with Crippen LogP contribution < -0.4 is 10.6 Å². The SMILES string of the molecule is CN=C(NCCc1nc(C(F)(F)F)cs1)NCC1(C)COC1. The van der Waals surface area contributed by atoms with Crippen LogP contribution >= 0.6 is 11.3 Å². The van der Waals surface area contributed by atoms with Crippen LogP contribution in [0.25, 0.3) is 0 Å². The van der Waals surface area contributed by atoms with E-state index in [0.29, 0.717) is 23.9 Å². The van der Waals surface area contributed by atoms with Crippen molar-refractivity contribution in [2.45, 2.75) is 19.5 Å². The van der Waals surface area contributed by atoms with Gasteiger partial charge in [0, 0.05) is 37.4 Å². The van der Waals surface area contributed by atoms with E-state index >= 15 is 0 Å². The zero-order chi connectivity index (χ0) is 16.2. The van der Waals surface area contributed by atoms with E-state index in [0.717, 1.165) is 36.5 Å². The van der Waals surface area contributed by atoms with Gasteiger partial charge in [0.2, 0.25) is 0 Å². The third-order valence-corrected chi connectivity index (χ3v) is 4.19. The van der Waals surface area contributed by atoms with Gasteiger partial charge < -0.3 is 15.4 Å². The third-order valence-electron chi connectivity index (χ3n) is 3.28. The molecule has 1 aromatic heterocycles. The summed E-state index contributed by atoms with van der Waals surface area (Å²) in [6, 6.07) is 0. The fraction of sp³-hybridized carbons (Fsp3) is 0.692. The van der Waals surface area contributed by atoms with Gasteiger partial charge in [0.15, 0.2) is 11.7 Å². The number of hydrogen-bond donors (Lipinski definition) is 2. The molecule has 1 aromatic rings. The lowest BCUT2D eigenvalue weighted by molar-refractivity contribution is -0.140. The Morgan fingerprint density at radius 3 is 2.68 bits per heavy atom. The number of guanidine groups is 1. The minimum Gasteiger partial charge on any atom is -0.380 e. The molecule has 0 saturated carbocycles. The molecule has 1 fully saturated rings. The van der Waals surface area contributed by atoms with E-state index in [1.807, 2.05) is 0 Å². The first-order valence-electron chi connectivity index (χ1n) is 6.86. The fourth-order valence-corrected chi connectivity index (χ4v) is 2.72. The van der Waals surface area contributed by atoms with Crippen LogP contribution in [0.2, 0.25) is 0 Å². The van der Waals surface area contributed by atoms with E-state index in [4.69, 9.17) is 4.74 Å². The lowest BCUT2D eigenvalue weighted by atomic mass is 9.89. The molecular weight excluding hydrogens is 317 g/mol. The molecule has 0 aliphatic carbocycles. The van der Waals surface area contributed by atoms with Crippen molar-refractivity contribution in [1.29, 1.82) is 0 Å². The summed E-state index contributed by atoms with van der Waals surface area (Å²) >= 11 is 1.02. The van der Waals surface area contributed by atoms with Crippen molar-refractivity contribution in [3.63, 3.8) is 0 Å². The van der Waals surface area contributed by atoms with Gasteiger partial charge in [-0.25, -0.2) is 4.98 Å². The molecule has 0 amide bonds. The van der Waals surface area contributed by atoms with Crippen molar-refractivity contribution in [1.82, 2.24) is 15.6 Å².